The molecule has 1 radical (unpaired) electrons. The standard InChI is InChI=1S/C29H41N2.C10H14O.Cu/c1-18(2)24-13-11-14-25(19(3)4)28(24)30-22(9)17-23(10)31-29-26(20(5)6)15-12-16-27(29)21(7)8;1-10(2,3)8-4-6-9(11)7-5-8;/h11-21H,1-10H3;4-7,11H,1-3H3;/q-1;;+2/p-1/b22-17-,31-23?;;. The zero-order chi connectivity index (χ0) is 31.8. The molecule has 4 heteroatoms. The molecule has 0 fully saturated rings. The molecule has 0 aliphatic rings. The fraction of sp³-hybridized carbons (Fsp3) is 0.462. The molecule has 3 aromatic rings. The fourth-order valence-corrected chi connectivity index (χ4v) is 4.96. The van der Waals surface area contributed by atoms with E-state index >= 15 is 0 Å². The van der Waals surface area contributed by atoms with Crippen LogP contribution in [0.3, 0.4) is 0 Å². The zero-order valence-electron chi connectivity index (χ0n) is 28.8. The zero-order valence-corrected chi connectivity index (χ0v) is 29.7. The van der Waals surface area contributed by atoms with Crippen LogP contribution in [0.2, 0.25) is 0 Å². The first kappa shape index (κ1) is 38.2. The van der Waals surface area contributed by atoms with Gasteiger partial charge in [-0.15, -0.1) is 11.4 Å². The van der Waals surface area contributed by atoms with Crippen molar-refractivity contribution >= 4 is 17.1 Å². The first-order valence-electron chi connectivity index (χ1n) is 15.5. The van der Waals surface area contributed by atoms with E-state index in [0.717, 1.165) is 22.8 Å². The number of hydrogen-bond donors (Lipinski definition) is 0. The number of hydrogen-bond acceptors (Lipinski definition) is 2. The van der Waals surface area contributed by atoms with Crippen molar-refractivity contribution in [2.24, 2.45) is 4.99 Å². The third kappa shape index (κ3) is 11.3. The Balaban J connectivity index is 0.000000647. The molecule has 0 unspecified atom stereocenters. The Bertz CT molecular complexity index is 1300. The van der Waals surface area contributed by atoms with Crippen LogP contribution in [0, 0.1) is 0 Å². The molecule has 43 heavy (non-hydrogen) atoms. The summed E-state index contributed by atoms with van der Waals surface area (Å²) in [5.41, 5.74) is 10.8. The summed E-state index contributed by atoms with van der Waals surface area (Å²) in [6.45, 7) is 28.5. The predicted molar refractivity (Wildman–Crippen MR) is 183 cm³/mol. The van der Waals surface area contributed by atoms with Crippen molar-refractivity contribution in [1.29, 1.82) is 0 Å². The van der Waals surface area contributed by atoms with Crippen molar-refractivity contribution in [3.8, 4) is 5.75 Å². The summed E-state index contributed by atoms with van der Waals surface area (Å²) in [7, 11) is 0. The van der Waals surface area contributed by atoms with Crippen molar-refractivity contribution in [2.45, 2.75) is 119 Å². The molecule has 237 valence electrons. The quantitative estimate of drug-likeness (QED) is 0.180. The summed E-state index contributed by atoms with van der Waals surface area (Å²) in [5.74, 6) is 1.83. The number of nitrogens with zero attached hydrogens (tertiary/aromatic N) is 2. The number of allylic oxidation sites excluding steroid dienone is 2. The molecular weight excluding hydrogens is 576 g/mol. The second-order valence-electron chi connectivity index (χ2n) is 13.6. The van der Waals surface area contributed by atoms with Crippen molar-refractivity contribution < 1.29 is 22.2 Å². The molecule has 0 bridgehead atoms. The Morgan fingerprint density at radius 3 is 1.44 bits per heavy atom. The molecule has 0 saturated heterocycles. The first-order chi connectivity index (χ1) is 19.5. The minimum Gasteiger partial charge on any atom is -0.872 e. The van der Waals surface area contributed by atoms with Crippen LogP contribution in [0.5, 0.6) is 5.75 Å². The summed E-state index contributed by atoms with van der Waals surface area (Å²) < 4.78 is 0. The van der Waals surface area contributed by atoms with Crippen LogP contribution in [0.25, 0.3) is 5.32 Å². The SMILES string of the molecule is CC(/C=C(/C)[N-]c1c(C(C)C)cccc1C(C)C)=Nc1c(C(C)C)cccc1C(C)C.CC(C)(C)c1ccc([O-])cc1.[Cu+2]. The molecule has 0 amide bonds. The number of rotatable bonds is 8. The van der Waals surface area contributed by atoms with E-state index in [0.29, 0.717) is 23.7 Å². The molecule has 0 aliphatic carbocycles. The van der Waals surface area contributed by atoms with Crippen molar-refractivity contribution in [1.82, 2.24) is 0 Å². The van der Waals surface area contributed by atoms with Gasteiger partial charge in [0, 0.05) is 5.71 Å². The largest absolute Gasteiger partial charge is 2.00 e. The van der Waals surface area contributed by atoms with Crippen LogP contribution >= 0.6 is 0 Å². The summed E-state index contributed by atoms with van der Waals surface area (Å²) in [6, 6.07) is 20.1. The van der Waals surface area contributed by atoms with E-state index in [-0.39, 0.29) is 28.2 Å². The third-order valence-corrected chi connectivity index (χ3v) is 7.40. The van der Waals surface area contributed by atoms with Crippen molar-refractivity contribution in [3.63, 3.8) is 0 Å². The Morgan fingerprint density at radius 2 is 1.07 bits per heavy atom. The maximum Gasteiger partial charge on any atom is 2.00 e. The minimum atomic E-state index is 0. The second kappa shape index (κ2) is 16.9. The summed E-state index contributed by atoms with van der Waals surface area (Å²) in [5, 5.41) is 15.8. The molecule has 3 nitrogen and oxygen atoms in total. The van der Waals surface area contributed by atoms with Gasteiger partial charge >= 0.3 is 17.1 Å². The molecule has 0 heterocycles. The second-order valence-corrected chi connectivity index (χ2v) is 13.6. The topological polar surface area (TPSA) is 49.5 Å². The molecule has 0 atom stereocenters. The molecule has 3 rings (SSSR count). The van der Waals surface area contributed by atoms with Crippen molar-refractivity contribution in [3.05, 3.63) is 106 Å². The smallest absolute Gasteiger partial charge is 0.872 e. The van der Waals surface area contributed by atoms with Crippen LogP contribution < -0.4 is 5.11 Å². The molecule has 0 N–H and O–H groups in total. The van der Waals surface area contributed by atoms with Gasteiger partial charge in [0.2, 0.25) is 0 Å². The van der Waals surface area contributed by atoms with E-state index in [2.05, 4.69) is 132 Å². The minimum absolute atomic E-state index is 0. The third-order valence-electron chi connectivity index (χ3n) is 7.40. The van der Waals surface area contributed by atoms with Crippen LogP contribution in [0.4, 0.5) is 11.4 Å². The summed E-state index contributed by atoms with van der Waals surface area (Å²) >= 11 is 0. The maximum atomic E-state index is 10.7. The predicted octanol–water partition coefficient (Wildman–Crippen LogP) is 11.9. The van der Waals surface area contributed by atoms with Gasteiger partial charge in [-0.25, -0.2) is 0 Å². The molecule has 0 aromatic heterocycles. The maximum absolute atomic E-state index is 10.7. The van der Waals surface area contributed by atoms with Crippen molar-refractivity contribution in [2.75, 3.05) is 0 Å². The normalized spacial score (nSPS) is 12.4. The van der Waals surface area contributed by atoms with E-state index in [1.807, 2.05) is 12.1 Å². The number of benzene rings is 3. The molecule has 0 saturated carbocycles. The van der Waals surface area contributed by atoms with Gasteiger partial charge in [-0.1, -0.05) is 161 Å². The summed E-state index contributed by atoms with van der Waals surface area (Å²) in [6.07, 6.45) is 2.11. The van der Waals surface area contributed by atoms with E-state index in [9.17, 15) is 5.11 Å². The first-order valence-corrected chi connectivity index (χ1v) is 15.5. The van der Waals surface area contributed by atoms with Gasteiger partial charge in [-0.2, -0.15) is 5.70 Å². The van der Waals surface area contributed by atoms with Gasteiger partial charge in [0.05, 0.1) is 5.69 Å². The summed E-state index contributed by atoms with van der Waals surface area (Å²) in [4.78, 5) is 5.08. The Kier molecular flexibility index (Phi) is 15.0. The average Bonchev–Trinajstić information content (AvgIpc) is 2.88. The van der Waals surface area contributed by atoms with Gasteiger partial charge < -0.3 is 10.4 Å². The van der Waals surface area contributed by atoms with Crippen LogP contribution in [-0.4, -0.2) is 5.71 Å². The molecule has 3 aromatic carbocycles. The van der Waals surface area contributed by atoms with Gasteiger partial charge in [0.1, 0.15) is 0 Å². The van der Waals surface area contributed by atoms with Crippen LogP contribution in [0.15, 0.2) is 77.4 Å². The Hall–Kier alpha value is -2.81. The van der Waals surface area contributed by atoms with Gasteiger partial charge in [0.15, 0.2) is 0 Å². The molecular formula is C39H54CuN2O. The fourth-order valence-electron chi connectivity index (χ4n) is 4.96. The van der Waals surface area contributed by atoms with E-state index in [1.165, 1.54) is 27.8 Å². The monoisotopic (exact) mass is 629 g/mol. The van der Waals surface area contributed by atoms with Crippen LogP contribution in [0.1, 0.15) is 141 Å². The Labute approximate surface area is 273 Å². The van der Waals surface area contributed by atoms with E-state index in [4.69, 9.17) is 10.3 Å². The van der Waals surface area contributed by atoms with Crippen LogP contribution in [-0.2, 0) is 22.5 Å². The molecule has 0 spiro atoms. The van der Waals surface area contributed by atoms with E-state index in [1.54, 1.807) is 12.1 Å². The van der Waals surface area contributed by atoms with E-state index < -0.39 is 0 Å². The molecule has 0 aliphatic heterocycles. The van der Waals surface area contributed by atoms with Gasteiger partial charge in [-0.05, 0) is 52.7 Å². The number of para-hydroxylation sites is 2. The van der Waals surface area contributed by atoms with Gasteiger partial charge in [-0.3, -0.25) is 4.99 Å². The average molecular weight is 630 g/mol. The van der Waals surface area contributed by atoms with Gasteiger partial charge in [0.25, 0.3) is 0 Å². The Morgan fingerprint density at radius 1 is 0.674 bits per heavy atom. The number of aliphatic imine (C=N–C) groups is 1.